The Labute approximate surface area is 342 Å². The number of methoxy groups -OCH3 is 1. The summed E-state index contributed by atoms with van der Waals surface area (Å²) in [5.74, 6) is -9.07. The lowest BCUT2D eigenvalue weighted by Gasteiger charge is -2.31. The average molecular weight is 831 g/mol. The zero-order valence-corrected chi connectivity index (χ0v) is 33.5. The second-order valence-corrected chi connectivity index (χ2v) is 15.1. The minimum atomic E-state index is -2.02. The lowest BCUT2D eigenvalue weighted by Crippen LogP contribution is -2.49. The molecule has 3 aromatic heterocycles. The summed E-state index contributed by atoms with van der Waals surface area (Å²) in [6.07, 6.45) is -2.49. The molecule has 60 heavy (non-hydrogen) atoms. The minimum Gasteiger partial charge on any atom is -0.478 e. The Morgan fingerprint density at radius 2 is 1.63 bits per heavy atom. The number of aromatic amines is 3. The molecule has 0 saturated carbocycles. The smallest absolute Gasteiger partial charge is 0.370 e. The number of ketones is 1. The molecular formula is C42H46N4O14. The first-order chi connectivity index (χ1) is 28.5. The van der Waals surface area contributed by atoms with Crippen LogP contribution in [0, 0.1) is 26.7 Å². The van der Waals surface area contributed by atoms with Crippen molar-refractivity contribution in [2.75, 3.05) is 13.7 Å². The largest absolute Gasteiger partial charge is 0.478 e. The molecule has 0 aromatic carbocycles. The number of carbonyl (C=O) groups excluding carboxylic acids is 5. The lowest BCUT2D eigenvalue weighted by molar-refractivity contribution is -0.179. The van der Waals surface area contributed by atoms with Crippen molar-refractivity contribution in [1.29, 1.82) is 0 Å². The number of aldehydes is 1. The first-order valence-corrected chi connectivity index (χ1v) is 19.1. The number of ether oxygens (including phenoxy) is 3. The second kappa shape index (κ2) is 17.0. The standard InChI is InChI=1S/C42H46N4O14/c1-7-20-16(2)24(46-39(20)52)12-23-18(4)22(8-9-30(50)60-37-28(49)14-29(40(53)54)59-38(37)41(55)56)34(44-23)32-33(42(57)58-6)36(51)31-19(5)25(45-35(31)32)13-26-21(10-11-47)17(3)27(15-48)43-26/h7,14-15,24,28,32-33,37-38,43-45,47,49H,1,8-13H2,2-6H3,(H,46,52)(H,53,54)(H,55,56)/t24?,28-,32-,33-,37-,38+/m1/s1. The highest BCUT2D eigenvalue weighted by atomic mass is 16.6. The molecule has 18 heteroatoms. The highest BCUT2D eigenvalue weighted by Gasteiger charge is 2.50. The molecule has 0 spiro atoms. The third kappa shape index (κ3) is 7.59. The van der Waals surface area contributed by atoms with Gasteiger partial charge < -0.3 is 54.9 Å². The summed E-state index contributed by atoms with van der Waals surface area (Å²) in [5, 5.41) is 42.3. The van der Waals surface area contributed by atoms with E-state index in [2.05, 4.69) is 26.8 Å². The molecule has 2 aliphatic heterocycles. The Bertz CT molecular complexity index is 2390. The molecule has 3 aliphatic rings. The van der Waals surface area contributed by atoms with Gasteiger partial charge in [0.1, 0.15) is 12.0 Å². The minimum absolute atomic E-state index is 0.0842. The number of aliphatic hydroxyl groups excluding tert-OH is 2. The Balaban J connectivity index is 1.41. The van der Waals surface area contributed by atoms with E-state index >= 15 is 0 Å². The fraction of sp³-hybridized carbons (Fsp3) is 0.405. The number of nitrogens with one attached hydrogen (secondary N) is 4. The van der Waals surface area contributed by atoms with E-state index < -0.39 is 78.0 Å². The van der Waals surface area contributed by atoms with Crippen LogP contribution in [0.5, 0.6) is 0 Å². The van der Waals surface area contributed by atoms with Gasteiger partial charge in [-0.2, -0.15) is 0 Å². The molecule has 3 aromatic rings. The molecule has 0 fully saturated rings. The third-order valence-electron chi connectivity index (χ3n) is 11.8. The first-order valence-electron chi connectivity index (χ1n) is 19.1. The van der Waals surface area contributed by atoms with Gasteiger partial charge in [0.15, 0.2) is 18.2 Å². The van der Waals surface area contributed by atoms with Gasteiger partial charge in [-0.25, -0.2) is 9.59 Å². The quantitative estimate of drug-likeness (QED) is 0.0581. The SMILES string of the molecule is C=CC1=C(C)C(Cc2[nH]c([C@@H]3c4[nH]c(Cc5[nH]c(C=O)c(C)c5CCO)c(C)c4C(=O)[C@@H]3C(=O)OC)c(CCC(=O)O[C@@H]3[C@H](O)C=C(C(=O)O)O[C@@H]3C(=O)O)c2C)NC1=O. The molecule has 6 atom stereocenters. The number of aromatic nitrogens is 3. The van der Waals surface area contributed by atoms with Crippen molar-refractivity contribution in [1.82, 2.24) is 20.3 Å². The predicted molar refractivity (Wildman–Crippen MR) is 208 cm³/mol. The van der Waals surface area contributed by atoms with Crippen LogP contribution >= 0.6 is 0 Å². The van der Waals surface area contributed by atoms with Crippen LogP contribution in [0.2, 0.25) is 0 Å². The summed E-state index contributed by atoms with van der Waals surface area (Å²) in [7, 11) is 1.16. The van der Waals surface area contributed by atoms with Crippen LogP contribution in [0.4, 0.5) is 0 Å². The molecule has 18 nitrogen and oxygen atoms in total. The number of H-pyrrole nitrogens is 3. The maximum Gasteiger partial charge on any atom is 0.370 e. The molecule has 0 saturated heterocycles. The molecule has 5 heterocycles. The molecule has 0 radical (unpaired) electrons. The van der Waals surface area contributed by atoms with Gasteiger partial charge in [0.05, 0.1) is 24.8 Å². The Hall–Kier alpha value is -6.53. The second-order valence-electron chi connectivity index (χ2n) is 15.1. The Kier molecular flexibility index (Phi) is 12.2. The number of aliphatic carboxylic acids is 2. The zero-order chi connectivity index (χ0) is 43.9. The van der Waals surface area contributed by atoms with Gasteiger partial charge in [0, 0.05) is 65.5 Å². The molecule has 1 amide bonds. The number of hydrogen-bond donors (Lipinski definition) is 8. The van der Waals surface area contributed by atoms with E-state index in [1.165, 1.54) is 6.08 Å². The van der Waals surface area contributed by atoms with E-state index in [0.29, 0.717) is 68.3 Å². The van der Waals surface area contributed by atoms with Crippen molar-refractivity contribution in [2.24, 2.45) is 5.92 Å². The maximum atomic E-state index is 14.4. The predicted octanol–water partition coefficient (Wildman–Crippen LogP) is 1.85. The molecule has 1 aliphatic carbocycles. The number of hydrogen-bond acceptors (Lipinski definition) is 12. The topological polar surface area (TPSA) is 287 Å². The van der Waals surface area contributed by atoms with E-state index in [1.807, 2.05) is 0 Å². The summed E-state index contributed by atoms with van der Waals surface area (Å²) >= 11 is 0. The fourth-order valence-electron chi connectivity index (χ4n) is 8.60. The molecule has 318 valence electrons. The molecule has 1 unspecified atom stereocenters. The molecule has 8 N–H and O–H groups in total. The lowest BCUT2D eigenvalue weighted by atomic mass is 9.87. The van der Waals surface area contributed by atoms with Gasteiger partial charge in [0.2, 0.25) is 11.9 Å². The highest BCUT2D eigenvalue weighted by molar-refractivity contribution is 6.14. The van der Waals surface area contributed by atoms with Crippen molar-refractivity contribution >= 4 is 41.9 Å². The van der Waals surface area contributed by atoms with Gasteiger partial charge in [-0.1, -0.05) is 12.7 Å². The summed E-state index contributed by atoms with van der Waals surface area (Å²) < 4.78 is 15.5. The van der Waals surface area contributed by atoms with Gasteiger partial charge in [-0.3, -0.25) is 24.0 Å². The van der Waals surface area contributed by atoms with Crippen LogP contribution in [0.3, 0.4) is 0 Å². The number of carboxylic acid groups (broad SMARTS) is 2. The van der Waals surface area contributed by atoms with Crippen molar-refractivity contribution in [3.8, 4) is 0 Å². The monoisotopic (exact) mass is 830 g/mol. The van der Waals surface area contributed by atoms with Gasteiger partial charge in [0.25, 0.3) is 5.91 Å². The number of aliphatic hydroxyl groups is 2. The Morgan fingerprint density at radius 1 is 0.933 bits per heavy atom. The summed E-state index contributed by atoms with van der Waals surface area (Å²) in [5.41, 5.74) is 7.61. The number of fused-ring (bicyclic) bond motifs is 1. The third-order valence-corrected chi connectivity index (χ3v) is 11.8. The Morgan fingerprint density at radius 3 is 2.23 bits per heavy atom. The number of amides is 1. The first kappa shape index (κ1) is 43.1. The van der Waals surface area contributed by atoms with Crippen LogP contribution < -0.4 is 5.32 Å². The van der Waals surface area contributed by atoms with Gasteiger partial charge in [-0.15, -0.1) is 0 Å². The van der Waals surface area contributed by atoms with Gasteiger partial charge >= 0.3 is 23.9 Å². The maximum absolute atomic E-state index is 14.4. The van der Waals surface area contributed by atoms with Crippen LogP contribution in [-0.4, -0.2) is 115 Å². The van der Waals surface area contributed by atoms with Crippen molar-refractivity contribution in [3.63, 3.8) is 0 Å². The fourth-order valence-corrected chi connectivity index (χ4v) is 8.60. The van der Waals surface area contributed by atoms with Crippen LogP contribution in [0.1, 0.15) is 96.4 Å². The number of Topliss-reactive ketones (excluding diaryl/α,β-unsaturated/α-hetero) is 1. The van der Waals surface area contributed by atoms with Crippen molar-refractivity contribution in [3.05, 3.63) is 103 Å². The zero-order valence-electron chi connectivity index (χ0n) is 33.5. The van der Waals surface area contributed by atoms with Crippen LogP contribution in [0.15, 0.2) is 35.6 Å². The van der Waals surface area contributed by atoms with Crippen LogP contribution in [-0.2, 0) is 63.9 Å². The van der Waals surface area contributed by atoms with Crippen molar-refractivity contribution in [2.45, 2.75) is 90.1 Å². The van der Waals surface area contributed by atoms with Crippen LogP contribution in [0.25, 0.3) is 0 Å². The summed E-state index contributed by atoms with van der Waals surface area (Å²) in [6.45, 7) is 10.7. The van der Waals surface area contributed by atoms with E-state index in [1.54, 1.807) is 27.7 Å². The number of carboxylic acids is 2. The molecule has 6 rings (SSSR count). The van der Waals surface area contributed by atoms with Crippen molar-refractivity contribution < 1.29 is 68.2 Å². The number of esters is 2. The molecule has 0 bridgehead atoms. The normalized spacial score (nSPS) is 22.2. The van der Waals surface area contributed by atoms with E-state index in [0.717, 1.165) is 24.3 Å². The van der Waals surface area contributed by atoms with E-state index in [9.17, 15) is 54.0 Å². The van der Waals surface area contributed by atoms with E-state index in [4.69, 9.17) is 14.2 Å². The average Bonchev–Trinajstić information content (AvgIpc) is 3.95. The number of rotatable bonds is 16. The summed E-state index contributed by atoms with van der Waals surface area (Å²) in [4.78, 5) is 99.2. The summed E-state index contributed by atoms with van der Waals surface area (Å²) in [6, 6.07) is -0.455. The van der Waals surface area contributed by atoms with E-state index in [-0.39, 0.29) is 43.8 Å². The molecular weight excluding hydrogens is 784 g/mol. The number of carbonyl (C=O) groups is 7. The van der Waals surface area contributed by atoms with Gasteiger partial charge in [-0.05, 0) is 80.0 Å². The highest BCUT2D eigenvalue weighted by Crippen LogP contribution is 2.47.